The fourth-order valence-electron chi connectivity index (χ4n) is 6.34. The number of aliphatic hydroxyl groups excluding tert-OH is 1. The molecule has 15 nitrogen and oxygen atoms in total. The molecule has 0 spiro atoms. The number of carboxylic acids is 1. The van der Waals surface area contributed by atoms with Crippen molar-refractivity contribution in [2.24, 2.45) is 11.7 Å². The molecule has 9 N–H and O–H groups in total. The number of nitrogens with one attached hydrogen (secondary N) is 5. The van der Waals surface area contributed by atoms with Crippen LogP contribution in [0.15, 0.2) is 85.3 Å². The van der Waals surface area contributed by atoms with Crippen molar-refractivity contribution in [2.75, 3.05) is 6.54 Å². The maximum Gasteiger partial charge on any atom is 0.408 e. The number of amides is 4. The van der Waals surface area contributed by atoms with Crippen molar-refractivity contribution in [3.8, 4) is 0 Å². The highest BCUT2D eigenvalue weighted by Crippen LogP contribution is 2.20. The summed E-state index contributed by atoms with van der Waals surface area (Å²) < 4.78 is 5.46. The smallest absolute Gasteiger partial charge is 0.408 e. The molecular weight excluding hydrogens is 718 g/mol. The summed E-state index contributed by atoms with van der Waals surface area (Å²) in [5.41, 5.74) is 7.58. The lowest BCUT2D eigenvalue weighted by Gasteiger charge is -2.29. The van der Waals surface area contributed by atoms with Crippen LogP contribution in [0.5, 0.6) is 0 Å². The van der Waals surface area contributed by atoms with Gasteiger partial charge < -0.3 is 46.9 Å². The van der Waals surface area contributed by atoms with Gasteiger partial charge in [0.15, 0.2) is 0 Å². The van der Waals surface area contributed by atoms with Gasteiger partial charge in [-0.15, -0.1) is 0 Å². The van der Waals surface area contributed by atoms with Crippen molar-refractivity contribution in [3.63, 3.8) is 0 Å². The minimum atomic E-state index is -1.39. The number of carbonyl (C=O) groups excluding carboxylic acids is 4. The van der Waals surface area contributed by atoms with Crippen LogP contribution >= 0.6 is 0 Å². The Labute approximate surface area is 326 Å². The maximum atomic E-state index is 14.2. The second-order valence-corrected chi connectivity index (χ2v) is 14.2. The van der Waals surface area contributed by atoms with Crippen LogP contribution in [0.4, 0.5) is 4.79 Å². The van der Waals surface area contributed by atoms with Gasteiger partial charge in [-0.1, -0.05) is 86.6 Å². The molecule has 0 aliphatic heterocycles. The molecule has 0 saturated heterocycles. The van der Waals surface area contributed by atoms with E-state index in [1.807, 2.05) is 74.5 Å². The highest BCUT2D eigenvalue weighted by Gasteiger charge is 2.32. The number of aliphatic carboxylic acids is 1. The van der Waals surface area contributed by atoms with Gasteiger partial charge in [0.1, 0.15) is 24.7 Å². The van der Waals surface area contributed by atoms with Crippen molar-refractivity contribution >= 4 is 40.6 Å². The Morgan fingerprint density at radius 2 is 1.52 bits per heavy atom. The number of benzene rings is 3. The lowest BCUT2D eigenvalue weighted by atomic mass is 9.96. The van der Waals surface area contributed by atoms with Gasteiger partial charge in [-0.2, -0.15) is 0 Å². The molecule has 56 heavy (non-hydrogen) atoms. The van der Waals surface area contributed by atoms with Crippen molar-refractivity contribution in [1.29, 1.82) is 0 Å². The Bertz CT molecular complexity index is 1870. The standard InChI is InChI=1S/C41H53N7O8/c1-26(2)19-33(36(49)22-37(50)45-32(40(53)54)17-8-9-18-42)46-39(52)35(21-30-23-43-25-44-30)47-38(51)34(48-41(55)56-24-27-11-4-3-5-12-27)20-29-15-10-14-28-13-6-7-16-31(28)29/h3-7,10-16,23,25-26,32-36,49H,8-9,17-22,24,42H2,1-2H3,(H,43,44)(H,45,50)(H,46,52)(H,47,51)(H,48,55)(H,53,54)/t32-,33-,34-,35-,36-/m0/s1. The van der Waals surface area contributed by atoms with E-state index in [9.17, 15) is 34.2 Å². The predicted octanol–water partition coefficient (Wildman–Crippen LogP) is 3.11. The maximum absolute atomic E-state index is 14.2. The third-order valence-corrected chi connectivity index (χ3v) is 9.23. The first-order valence-electron chi connectivity index (χ1n) is 18.9. The van der Waals surface area contributed by atoms with Gasteiger partial charge in [0.05, 0.1) is 24.9 Å². The van der Waals surface area contributed by atoms with Crippen LogP contribution in [-0.2, 0) is 43.4 Å². The number of imidazole rings is 1. The van der Waals surface area contributed by atoms with Crippen molar-refractivity contribution in [3.05, 3.63) is 102 Å². The van der Waals surface area contributed by atoms with E-state index in [4.69, 9.17) is 10.5 Å². The molecule has 15 heteroatoms. The zero-order valence-electron chi connectivity index (χ0n) is 31.8. The number of carboxylic acid groups (broad SMARTS) is 1. The zero-order chi connectivity index (χ0) is 40.5. The molecule has 0 fully saturated rings. The number of alkyl carbamates (subject to hydrolysis) is 1. The van der Waals surface area contributed by atoms with Gasteiger partial charge >= 0.3 is 12.1 Å². The number of ether oxygens (including phenoxy) is 1. The molecule has 4 aromatic rings. The van der Waals surface area contributed by atoms with Crippen LogP contribution in [0.3, 0.4) is 0 Å². The summed E-state index contributed by atoms with van der Waals surface area (Å²) in [6, 6.07) is 17.9. The number of aromatic nitrogens is 2. The van der Waals surface area contributed by atoms with Gasteiger partial charge in [0, 0.05) is 24.7 Å². The largest absolute Gasteiger partial charge is 0.480 e. The number of nitrogens with two attached hydrogens (primary N) is 1. The summed E-state index contributed by atoms with van der Waals surface area (Å²) in [6.07, 6.45) is 1.84. The number of fused-ring (bicyclic) bond motifs is 1. The predicted molar refractivity (Wildman–Crippen MR) is 210 cm³/mol. The minimum absolute atomic E-state index is 0.0227. The number of H-pyrrole nitrogens is 1. The topological polar surface area (TPSA) is 238 Å². The Morgan fingerprint density at radius 3 is 2.21 bits per heavy atom. The van der Waals surface area contributed by atoms with Crippen molar-refractivity contribution < 1.29 is 38.9 Å². The molecule has 0 aliphatic rings. The average Bonchev–Trinajstić information content (AvgIpc) is 3.69. The molecule has 1 aromatic heterocycles. The number of aliphatic hydroxyl groups is 1. The fourth-order valence-corrected chi connectivity index (χ4v) is 6.34. The first kappa shape index (κ1) is 42.9. The first-order valence-corrected chi connectivity index (χ1v) is 18.9. The number of carbonyl (C=O) groups is 5. The van der Waals surface area contributed by atoms with Crippen LogP contribution in [0, 0.1) is 5.92 Å². The number of unbranched alkanes of at least 4 members (excludes halogenated alkanes) is 1. The Kier molecular flexibility index (Phi) is 16.8. The molecule has 0 radical (unpaired) electrons. The van der Waals surface area contributed by atoms with E-state index in [0.717, 1.165) is 21.9 Å². The normalized spacial score (nSPS) is 13.9. The Morgan fingerprint density at radius 1 is 0.821 bits per heavy atom. The molecule has 0 aliphatic carbocycles. The third kappa shape index (κ3) is 13.8. The van der Waals surface area contributed by atoms with Gasteiger partial charge in [-0.25, -0.2) is 14.6 Å². The van der Waals surface area contributed by atoms with Crippen LogP contribution in [0.25, 0.3) is 10.8 Å². The fraction of sp³-hybridized carbons (Fsp3) is 0.415. The summed E-state index contributed by atoms with van der Waals surface area (Å²) in [5, 5.41) is 33.4. The molecule has 0 unspecified atom stereocenters. The van der Waals surface area contributed by atoms with Gasteiger partial charge in [-0.3, -0.25) is 14.4 Å². The summed E-state index contributed by atoms with van der Waals surface area (Å²) in [4.78, 5) is 73.0. The highest BCUT2D eigenvalue weighted by atomic mass is 16.5. The van der Waals surface area contributed by atoms with E-state index in [-0.39, 0.29) is 38.2 Å². The van der Waals surface area contributed by atoms with Crippen LogP contribution in [-0.4, -0.2) is 86.8 Å². The minimum Gasteiger partial charge on any atom is -0.480 e. The van der Waals surface area contributed by atoms with Crippen molar-refractivity contribution in [2.45, 2.75) is 95.7 Å². The van der Waals surface area contributed by atoms with Crippen LogP contribution in [0.2, 0.25) is 0 Å². The molecule has 5 atom stereocenters. The van der Waals surface area contributed by atoms with E-state index >= 15 is 0 Å². The van der Waals surface area contributed by atoms with Gasteiger partial charge in [0.25, 0.3) is 0 Å². The van der Waals surface area contributed by atoms with Gasteiger partial charge in [-0.05, 0) is 60.0 Å². The van der Waals surface area contributed by atoms with E-state index in [1.165, 1.54) is 12.5 Å². The third-order valence-electron chi connectivity index (χ3n) is 9.23. The number of aromatic amines is 1. The van der Waals surface area contributed by atoms with E-state index in [2.05, 4.69) is 31.2 Å². The molecule has 3 aromatic carbocycles. The van der Waals surface area contributed by atoms with Crippen LogP contribution < -0.4 is 27.0 Å². The number of hydrogen-bond donors (Lipinski definition) is 8. The molecule has 1 heterocycles. The second-order valence-electron chi connectivity index (χ2n) is 14.2. The quantitative estimate of drug-likeness (QED) is 0.0544. The second kappa shape index (κ2) is 21.9. The zero-order valence-corrected chi connectivity index (χ0v) is 31.8. The summed E-state index contributed by atoms with van der Waals surface area (Å²) in [5.74, 6) is -3.24. The molecule has 4 amide bonds. The molecule has 300 valence electrons. The first-order chi connectivity index (χ1) is 26.9. The van der Waals surface area contributed by atoms with E-state index in [0.29, 0.717) is 25.1 Å². The number of hydrogen-bond acceptors (Lipinski definition) is 9. The molecule has 4 rings (SSSR count). The van der Waals surface area contributed by atoms with Crippen molar-refractivity contribution in [1.82, 2.24) is 31.2 Å². The van der Waals surface area contributed by atoms with E-state index < -0.39 is 66.5 Å². The summed E-state index contributed by atoms with van der Waals surface area (Å²) in [7, 11) is 0. The molecule has 0 saturated carbocycles. The van der Waals surface area contributed by atoms with Crippen LogP contribution in [0.1, 0.15) is 62.8 Å². The molecular formula is C41H53N7O8. The average molecular weight is 772 g/mol. The number of nitrogens with zero attached hydrogens (tertiary/aromatic N) is 1. The summed E-state index contributed by atoms with van der Waals surface area (Å²) in [6.45, 7) is 4.13. The van der Waals surface area contributed by atoms with Gasteiger partial charge in [0.2, 0.25) is 17.7 Å². The monoisotopic (exact) mass is 771 g/mol. The summed E-state index contributed by atoms with van der Waals surface area (Å²) >= 11 is 0. The lowest BCUT2D eigenvalue weighted by Crippen LogP contribution is -2.57. The Balaban J connectivity index is 1.53. The highest BCUT2D eigenvalue weighted by molar-refractivity contribution is 5.93. The molecule has 0 bridgehead atoms. The number of rotatable bonds is 22. The SMILES string of the molecule is CC(C)C[C@H](NC(=O)[C@H](Cc1cnc[nH]1)NC(=O)[C@H](Cc1cccc2ccccc12)NC(=O)OCc1ccccc1)[C@@H](O)CC(=O)N[C@@H](CCCCN)C(=O)O. The Hall–Kier alpha value is -5.80. The van der Waals surface area contributed by atoms with E-state index in [1.54, 1.807) is 12.1 Å². The lowest BCUT2D eigenvalue weighted by molar-refractivity contribution is -0.142.